The molecule has 1 aliphatic rings. The van der Waals surface area contributed by atoms with Crippen molar-refractivity contribution < 1.29 is 8.42 Å². The van der Waals surface area contributed by atoms with E-state index in [-0.39, 0.29) is 4.90 Å². The number of hydrogen-bond acceptors (Lipinski definition) is 9. The van der Waals surface area contributed by atoms with Gasteiger partial charge < -0.3 is 4.90 Å². The van der Waals surface area contributed by atoms with Gasteiger partial charge in [0.15, 0.2) is 15.7 Å². The maximum atomic E-state index is 11.7. The van der Waals surface area contributed by atoms with Crippen LogP contribution in [-0.2, 0) is 16.4 Å². The molecule has 3 aromatic rings. The SMILES string of the molecule is CN(Cc1nnnn1-c1ccc(S(C)(=O)=O)cc1)C1CCN(c2ncccn2)CC1. The van der Waals surface area contributed by atoms with Crippen molar-refractivity contribution in [3.8, 4) is 5.69 Å². The molecule has 0 unspecified atom stereocenters. The Morgan fingerprint density at radius 2 is 1.77 bits per heavy atom. The molecule has 11 heteroatoms. The highest BCUT2D eigenvalue weighted by Gasteiger charge is 2.25. The maximum absolute atomic E-state index is 11.7. The molecular weight excluding hydrogens is 404 g/mol. The molecule has 10 nitrogen and oxygen atoms in total. The molecule has 0 atom stereocenters. The molecule has 4 rings (SSSR count). The van der Waals surface area contributed by atoms with E-state index in [9.17, 15) is 8.42 Å². The molecule has 158 valence electrons. The van der Waals surface area contributed by atoms with E-state index in [0.29, 0.717) is 18.4 Å². The first-order valence-electron chi connectivity index (χ1n) is 9.72. The van der Waals surface area contributed by atoms with Gasteiger partial charge in [-0.25, -0.2) is 18.4 Å². The van der Waals surface area contributed by atoms with Gasteiger partial charge >= 0.3 is 0 Å². The molecule has 0 aliphatic carbocycles. The average molecular weight is 429 g/mol. The largest absolute Gasteiger partial charge is 0.341 e. The monoisotopic (exact) mass is 428 g/mol. The van der Waals surface area contributed by atoms with Crippen LogP contribution in [0, 0.1) is 0 Å². The number of tetrazole rings is 1. The highest BCUT2D eigenvalue weighted by Crippen LogP contribution is 2.20. The Kier molecular flexibility index (Phi) is 5.73. The van der Waals surface area contributed by atoms with E-state index in [1.165, 1.54) is 6.26 Å². The van der Waals surface area contributed by atoms with Crippen LogP contribution >= 0.6 is 0 Å². The van der Waals surface area contributed by atoms with Gasteiger partial charge in [-0.3, -0.25) is 4.90 Å². The Hall–Kier alpha value is -2.92. The van der Waals surface area contributed by atoms with Crippen LogP contribution in [0.2, 0.25) is 0 Å². The van der Waals surface area contributed by atoms with Crippen molar-refractivity contribution in [1.82, 2.24) is 35.1 Å². The zero-order valence-electron chi connectivity index (χ0n) is 17.0. The predicted octanol–water partition coefficient (Wildman–Crippen LogP) is 0.957. The molecule has 0 amide bonds. The van der Waals surface area contributed by atoms with Crippen LogP contribution in [0.15, 0.2) is 47.6 Å². The molecule has 1 aliphatic heterocycles. The quantitative estimate of drug-likeness (QED) is 0.567. The number of piperidine rings is 1. The molecule has 30 heavy (non-hydrogen) atoms. The minimum absolute atomic E-state index is 0.271. The third-order valence-electron chi connectivity index (χ3n) is 5.36. The number of nitrogens with zero attached hydrogens (tertiary/aromatic N) is 8. The van der Waals surface area contributed by atoms with E-state index in [2.05, 4.69) is 42.3 Å². The number of aromatic nitrogens is 6. The number of sulfone groups is 1. The fourth-order valence-electron chi connectivity index (χ4n) is 3.65. The zero-order chi connectivity index (χ0) is 21.1. The third kappa shape index (κ3) is 4.46. The number of anilines is 1. The first-order chi connectivity index (χ1) is 14.4. The van der Waals surface area contributed by atoms with Crippen LogP contribution in [0.5, 0.6) is 0 Å². The molecule has 0 spiro atoms. The van der Waals surface area contributed by atoms with Crippen LogP contribution < -0.4 is 4.90 Å². The minimum Gasteiger partial charge on any atom is -0.341 e. The van der Waals surface area contributed by atoms with Gasteiger partial charge in [-0.1, -0.05) is 0 Å². The molecule has 1 saturated heterocycles. The average Bonchev–Trinajstić information content (AvgIpc) is 3.22. The summed E-state index contributed by atoms with van der Waals surface area (Å²) in [6.45, 7) is 2.39. The van der Waals surface area contributed by atoms with Crippen molar-refractivity contribution in [2.45, 2.75) is 30.3 Å². The Morgan fingerprint density at radius 1 is 1.10 bits per heavy atom. The summed E-state index contributed by atoms with van der Waals surface area (Å²) in [5.41, 5.74) is 0.729. The van der Waals surface area contributed by atoms with Gasteiger partial charge in [-0.2, -0.15) is 4.68 Å². The fourth-order valence-corrected chi connectivity index (χ4v) is 4.28. The molecule has 2 aromatic heterocycles. The Balaban J connectivity index is 1.40. The van der Waals surface area contributed by atoms with Crippen molar-refractivity contribution in [1.29, 1.82) is 0 Å². The lowest BCUT2D eigenvalue weighted by Gasteiger charge is -2.36. The number of hydrogen-bond donors (Lipinski definition) is 0. The highest BCUT2D eigenvalue weighted by atomic mass is 32.2. The van der Waals surface area contributed by atoms with Crippen LogP contribution in [0.3, 0.4) is 0 Å². The van der Waals surface area contributed by atoms with Crippen molar-refractivity contribution in [3.63, 3.8) is 0 Å². The zero-order valence-corrected chi connectivity index (χ0v) is 17.8. The number of rotatable bonds is 6. The van der Waals surface area contributed by atoms with Gasteiger partial charge in [-0.05, 0) is 60.6 Å². The lowest BCUT2D eigenvalue weighted by molar-refractivity contribution is 0.194. The van der Waals surface area contributed by atoms with Crippen LogP contribution in [0.25, 0.3) is 5.69 Å². The molecule has 0 radical (unpaired) electrons. The van der Waals surface area contributed by atoms with Gasteiger partial charge in [0.1, 0.15) is 0 Å². The van der Waals surface area contributed by atoms with Crippen molar-refractivity contribution in [3.05, 3.63) is 48.5 Å². The maximum Gasteiger partial charge on any atom is 0.225 e. The summed E-state index contributed by atoms with van der Waals surface area (Å²) in [5, 5.41) is 12.1. The summed E-state index contributed by atoms with van der Waals surface area (Å²) in [4.78, 5) is 13.4. The second kappa shape index (κ2) is 8.44. The van der Waals surface area contributed by atoms with Crippen molar-refractivity contribution in [2.75, 3.05) is 31.3 Å². The molecular formula is C19H24N8O2S. The summed E-state index contributed by atoms with van der Waals surface area (Å²) in [7, 11) is -1.16. The van der Waals surface area contributed by atoms with E-state index in [1.807, 2.05) is 6.07 Å². The Labute approximate surface area is 175 Å². The Morgan fingerprint density at radius 3 is 2.40 bits per heavy atom. The van der Waals surface area contributed by atoms with Crippen LogP contribution in [-0.4, -0.2) is 75.9 Å². The molecule has 1 aromatic carbocycles. The normalized spacial score (nSPS) is 15.6. The second-order valence-corrected chi connectivity index (χ2v) is 9.47. The van der Waals surface area contributed by atoms with E-state index >= 15 is 0 Å². The fraction of sp³-hybridized carbons (Fsp3) is 0.421. The van der Waals surface area contributed by atoms with Gasteiger partial charge in [0.05, 0.1) is 17.1 Å². The van der Waals surface area contributed by atoms with Gasteiger partial charge in [0, 0.05) is 37.8 Å². The summed E-state index contributed by atoms with van der Waals surface area (Å²) in [6.07, 6.45) is 6.72. The third-order valence-corrected chi connectivity index (χ3v) is 6.49. The Bertz CT molecular complexity index is 1080. The molecule has 0 bridgehead atoms. The lowest BCUT2D eigenvalue weighted by Crippen LogP contribution is -2.44. The predicted molar refractivity (Wildman–Crippen MR) is 111 cm³/mol. The molecule has 0 N–H and O–H groups in total. The first kappa shape index (κ1) is 20.4. The lowest BCUT2D eigenvalue weighted by atomic mass is 10.0. The summed E-state index contributed by atoms with van der Waals surface area (Å²) in [5.74, 6) is 1.48. The van der Waals surface area contributed by atoms with Crippen LogP contribution in [0.4, 0.5) is 5.95 Å². The van der Waals surface area contributed by atoms with Crippen molar-refractivity contribution >= 4 is 15.8 Å². The molecule has 1 fully saturated rings. The second-order valence-electron chi connectivity index (χ2n) is 7.46. The standard InChI is InChI=1S/C19H24N8O2S/c1-25(15-8-12-26(13-9-15)19-20-10-3-11-21-19)14-18-22-23-24-27(18)16-4-6-17(7-5-16)30(2,28)29/h3-7,10-11,15H,8-9,12-14H2,1-2H3. The van der Waals surface area contributed by atoms with Gasteiger partial charge in [0.25, 0.3) is 0 Å². The summed E-state index contributed by atoms with van der Waals surface area (Å²) < 4.78 is 25.0. The summed E-state index contributed by atoms with van der Waals surface area (Å²) >= 11 is 0. The molecule has 3 heterocycles. The topological polar surface area (TPSA) is 110 Å². The van der Waals surface area contributed by atoms with E-state index in [0.717, 1.165) is 37.6 Å². The molecule has 0 saturated carbocycles. The summed E-state index contributed by atoms with van der Waals surface area (Å²) in [6, 6.07) is 8.80. The number of benzene rings is 1. The van der Waals surface area contributed by atoms with Gasteiger partial charge in [0.2, 0.25) is 5.95 Å². The van der Waals surface area contributed by atoms with E-state index in [4.69, 9.17) is 0 Å². The smallest absolute Gasteiger partial charge is 0.225 e. The first-order valence-corrected chi connectivity index (χ1v) is 11.6. The van der Waals surface area contributed by atoms with E-state index in [1.54, 1.807) is 41.3 Å². The minimum atomic E-state index is -3.24. The van der Waals surface area contributed by atoms with Crippen LogP contribution in [0.1, 0.15) is 18.7 Å². The van der Waals surface area contributed by atoms with E-state index < -0.39 is 9.84 Å². The van der Waals surface area contributed by atoms with Gasteiger partial charge in [-0.15, -0.1) is 5.10 Å². The highest BCUT2D eigenvalue weighted by molar-refractivity contribution is 7.90. The van der Waals surface area contributed by atoms with Crippen molar-refractivity contribution in [2.24, 2.45) is 0 Å².